The molecule has 5 nitrogen and oxygen atoms in total. The van der Waals surface area contributed by atoms with Gasteiger partial charge in [0.15, 0.2) is 0 Å². The number of H-pyrrole nitrogens is 1. The van der Waals surface area contributed by atoms with Crippen LogP contribution in [0.15, 0.2) is 47.5 Å². The lowest BCUT2D eigenvalue weighted by Gasteiger charge is -2.08. The highest BCUT2D eigenvalue weighted by molar-refractivity contribution is 5.81. The highest BCUT2D eigenvalue weighted by Crippen LogP contribution is 2.17. The number of hydrogen-bond donors (Lipinski definition) is 2. The van der Waals surface area contributed by atoms with Crippen molar-refractivity contribution >= 4 is 16.8 Å². The highest BCUT2D eigenvalue weighted by Gasteiger charge is 2.07. The summed E-state index contributed by atoms with van der Waals surface area (Å²) in [5.41, 5.74) is 4.68. The van der Waals surface area contributed by atoms with Crippen molar-refractivity contribution in [1.82, 2.24) is 15.3 Å². The first kappa shape index (κ1) is 17.9. The van der Waals surface area contributed by atoms with Crippen LogP contribution in [0.5, 0.6) is 0 Å². The molecule has 2 aromatic heterocycles. The van der Waals surface area contributed by atoms with Gasteiger partial charge in [0.2, 0.25) is 5.91 Å². The number of nitrogens with zero attached hydrogens (tertiary/aromatic N) is 1. The van der Waals surface area contributed by atoms with E-state index >= 15 is 0 Å². The van der Waals surface area contributed by atoms with Crippen molar-refractivity contribution < 1.29 is 4.79 Å². The molecule has 0 unspecified atom stereocenters. The minimum atomic E-state index is -0.156. The second-order valence-corrected chi connectivity index (χ2v) is 6.64. The van der Waals surface area contributed by atoms with E-state index in [0.29, 0.717) is 12.0 Å². The Balaban J connectivity index is 1.58. The Kier molecular flexibility index (Phi) is 5.46. The molecule has 0 aliphatic rings. The number of aromatic nitrogens is 2. The first-order chi connectivity index (χ1) is 12.5. The van der Waals surface area contributed by atoms with Gasteiger partial charge in [0, 0.05) is 36.4 Å². The topological polar surface area (TPSA) is 74.8 Å². The van der Waals surface area contributed by atoms with Gasteiger partial charge in [-0.1, -0.05) is 6.07 Å². The molecule has 0 aliphatic heterocycles. The lowest BCUT2D eigenvalue weighted by molar-refractivity contribution is -0.121. The van der Waals surface area contributed by atoms with Crippen LogP contribution in [-0.4, -0.2) is 15.9 Å². The summed E-state index contributed by atoms with van der Waals surface area (Å²) in [4.78, 5) is 31.2. The molecule has 0 saturated heterocycles. The summed E-state index contributed by atoms with van der Waals surface area (Å²) < 4.78 is 0. The van der Waals surface area contributed by atoms with Gasteiger partial charge in [-0.15, -0.1) is 0 Å². The third kappa shape index (κ3) is 4.36. The Morgan fingerprint density at radius 3 is 2.77 bits per heavy atom. The van der Waals surface area contributed by atoms with Crippen molar-refractivity contribution in [3.63, 3.8) is 0 Å². The van der Waals surface area contributed by atoms with Crippen molar-refractivity contribution in [3.8, 4) is 0 Å². The Morgan fingerprint density at radius 1 is 1.19 bits per heavy atom. The van der Waals surface area contributed by atoms with Gasteiger partial charge in [0.25, 0.3) is 5.56 Å². The first-order valence-electron chi connectivity index (χ1n) is 8.81. The maximum absolute atomic E-state index is 12.2. The lowest BCUT2D eigenvalue weighted by Crippen LogP contribution is -2.26. The highest BCUT2D eigenvalue weighted by atomic mass is 16.1. The van der Waals surface area contributed by atoms with Gasteiger partial charge in [-0.05, 0) is 73.0 Å². The van der Waals surface area contributed by atoms with Gasteiger partial charge in [0.05, 0.1) is 0 Å². The average molecular weight is 349 g/mol. The quantitative estimate of drug-likeness (QED) is 0.718. The molecule has 0 fully saturated rings. The van der Waals surface area contributed by atoms with Crippen LogP contribution in [-0.2, 0) is 17.8 Å². The van der Waals surface area contributed by atoms with E-state index in [0.717, 1.165) is 34.9 Å². The monoisotopic (exact) mass is 349 g/mol. The Hall–Kier alpha value is -2.95. The molecule has 0 radical (unpaired) electrons. The predicted molar refractivity (Wildman–Crippen MR) is 103 cm³/mol. The molecular formula is C21H23N3O2. The van der Waals surface area contributed by atoms with E-state index in [2.05, 4.69) is 21.4 Å². The van der Waals surface area contributed by atoms with Gasteiger partial charge >= 0.3 is 0 Å². The number of nitrogens with one attached hydrogen (secondary N) is 2. The van der Waals surface area contributed by atoms with Crippen molar-refractivity contribution in [1.29, 1.82) is 0 Å². The number of fused-ring (bicyclic) bond motifs is 1. The number of benzene rings is 1. The van der Waals surface area contributed by atoms with E-state index in [9.17, 15) is 9.59 Å². The largest absolute Gasteiger partial charge is 0.352 e. The fraction of sp³-hybridized carbons (Fsp3) is 0.286. The molecule has 0 bridgehead atoms. The van der Waals surface area contributed by atoms with Crippen LogP contribution in [0.3, 0.4) is 0 Å². The van der Waals surface area contributed by atoms with Crippen LogP contribution < -0.4 is 10.9 Å². The summed E-state index contributed by atoms with van der Waals surface area (Å²) >= 11 is 0. The van der Waals surface area contributed by atoms with Crippen LogP contribution in [0.25, 0.3) is 10.9 Å². The van der Waals surface area contributed by atoms with Crippen LogP contribution in [0.4, 0.5) is 0 Å². The molecule has 0 spiro atoms. The number of carbonyl (C=O) groups excluding carboxylic acids is 1. The zero-order chi connectivity index (χ0) is 18.5. The van der Waals surface area contributed by atoms with Crippen molar-refractivity contribution in [2.24, 2.45) is 0 Å². The van der Waals surface area contributed by atoms with Crippen molar-refractivity contribution in [2.75, 3.05) is 0 Å². The van der Waals surface area contributed by atoms with Crippen LogP contribution >= 0.6 is 0 Å². The molecule has 3 rings (SSSR count). The van der Waals surface area contributed by atoms with Gasteiger partial charge in [-0.25, -0.2) is 0 Å². The molecule has 0 saturated carbocycles. The van der Waals surface area contributed by atoms with Crippen molar-refractivity contribution in [2.45, 2.75) is 39.7 Å². The summed E-state index contributed by atoms with van der Waals surface area (Å²) in [5, 5.41) is 3.82. The van der Waals surface area contributed by atoms with Gasteiger partial charge in [-0.3, -0.25) is 14.6 Å². The third-order valence-electron chi connectivity index (χ3n) is 4.60. The summed E-state index contributed by atoms with van der Waals surface area (Å²) in [6.45, 7) is 4.31. The zero-order valence-electron chi connectivity index (χ0n) is 15.1. The molecule has 2 heterocycles. The number of aromatic amines is 1. The van der Waals surface area contributed by atoms with Crippen LogP contribution in [0.1, 0.15) is 35.1 Å². The van der Waals surface area contributed by atoms with E-state index < -0.39 is 0 Å². The molecular weight excluding hydrogens is 326 g/mol. The first-order valence-corrected chi connectivity index (χ1v) is 8.81. The minimum Gasteiger partial charge on any atom is -0.352 e. The Morgan fingerprint density at radius 2 is 2.00 bits per heavy atom. The van der Waals surface area contributed by atoms with Gasteiger partial charge < -0.3 is 10.3 Å². The summed E-state index contributed by atoms with van der Waals surface area (Å²) in [7, 11) is 0. The second-order valence-electron chi connectivity index (χ2n) is 6.64. The fourth-order valence-corrected chi connectivity index (χ4v) is 2.93. The van der Waals surface area contributed by atoms with E-state index in [-0.39, 0.29) is 18.0 Å². The number of rotatable bonds is 6. The van der Waals surface area contributed by atoms with Gasteiger partial charge in [0.1, 0.15) is 0 Å². The van der Waals surface area contributed by atoms with E-state index in [1.54, 1.807) is 6.20 Å². The number of carbonyl (C=O) groups is 1. The molecule has 5 heteroatoms. The van der Waals surface area contributed by atoms with Crippen LogP contribution in [0.2, 0.25) is 0 Å². The summed E-state index contributed by atoms with van der Waals surface area (Å²) in [6, 6.07) is 9.79. The van der Waals surface area contributed by atoms with E-state index in [4.69, 9.17) is 0 Å². The smallest absolute Gasteiger partial charge is 0.253 e. The predicted octanol–water partition coefficient (Wildman–Crippen LogP) is 3.18. The standard InChI is InChI=1S/C21H23N3O2/c1-14-9-17-11-18(21(26)24-19(17)10-15(14)2)13-23-20(25)7-3-5-16-6-4-8-22-12-16/h4,6,8-12H,3,5,7,13H2,1-2H3,(H,23,25)(H,24,26). The average Bonchev–Trinajstić information content (AvgIpc) is 2.62. The molecule has 2 N–H and O–H groups in total. The van der Waals surface area contributed by atoms with Gasteiger partial charge in [-0.2, -0.15) is 0 Å². The lowest BCUT2D eigenvalue weighted by atomic mass is 10.0. The summed E-state index contributed by atoms with van der Waals surface area (Å²) in [5.74, 6) is -0.0477. The second kappa shape index (κ2) is 7.95. The fourth-order valence-electron chi connectivity index (χ4n) is 2.93. The maximum Gasteiger partial charge on any atom is 0.253 e. The molecule has 0 atom stereocenters. The molecule has 1 aromatic carbocycles. The van der Waals surface area contributed by atoms with E-state index in [1.807, 2.05) is 44.3 Å². The molecule has 3 aromatic rings. The third-order valence-corrected chi connectivity index (χ3v) is 4.60. The Bertz CT molecular complexity index is 978. The number of aryl methyl sites for hydroxylation is 3. The molecule has 0 aliphatic carbocycles. The van der Waals surface area contributed by atoms with Crippen LogP contribution in [0, 0.1) is 13.8 Å². The van der Waals surface area contributed by atoms with Crippen molar-refractivity contribution in [3.05, 3.63) is 75.3 Å². The zero-order valence-corrected chi connectivity index (χ0v) is 15.1. The number of pyridine rings is 2. The molecule has 134 valence electrons. The SMILES string of the molecule is Cc1cc2cc(CNC(=O)CCCc3cccnc3)c(=O)[nH]c2cc1C. The normalized spacial score (nSPS) is 10.8. The Labute approximate surface area is 152 Å². The molecule has 26 heavy (non-hydrogen) atoms. The summed E-state index contributed by atoms with van der Waals surface area (Å²) in [6.07, 6.45) is 5.55. The number of amides is 1. The maximum atomic E-state index is 12.2. The molecule has 1 amide bonds. The number of hydrogen-bond acceptors (Lipinski definition) is 3. The van der Waals surface area contributed by atoms with E-state index in [1.165, 1.54) is 5.56 Å². The minimum absolute atomic E-state index is 0.0477.